The number of aliphatic hydroxyl groups excluding tert-OH is 3. The van der Waals surface area contributed by atoms with Crippen molar-refractivity contribution in [2.24, 2.45) is 0 Å². The highest BCUT2D eigenvalue weighted by atomic mass is 16.6. The SMILES string of the molecule is COC(=O)c1cc(C#C[C@H]2O[C@H](CO)[C@@H](OC)[C@H](O)[C@@H]2O)c2[nH]ncc2c1. The Morgan fingerprint density at radius 1 is 1.33 bits per heavy atom. The molecule has 1 fully saturated rings. The third-order valence-corrected chi connectivity index (χ3v) is 4.46. The molecule has 0 bridgehead atoms. The molecule has 1 saturated heterocycles. The summed E-state index contributed by atoms with van der Waals surface area (Å²) in [4.78, 5) is 11.8. The van der Waals surface area contributed by atoms with Crippen LogP contribution in [0.25, 0.3) is 10.9 Å². The predicted octanol–water partition coefficient (Wildman–Crippen LogP) is -0.802. The zero-order valence-corrected chi connectivity index (χ0v) is 14.7. The van der Waals surface area contributed by atoms with Gasteiger partial charge in [0.05, 0.1) is 36.6 Å². The lowest BCUT2D eigenvalue weighted by Crippen LogP contribution is -2.58. The first-order valence-corrected chi connectivity index (χ1v) is 8.22. The number of hydrogen-bond donors (Lipinski definition) is 4. The summed E-state index contributed by atoms with van der Waals surface area (Å²) in [5.74, 6) is 5.07. The van der Waals surface area contributed by atoms with Gasteiger partial charge >= 0.3 is 5.97 Å². The van der Waals surface area contributed by atoms with Gasteiger partial charge in [-0.3, -0.25) is 5.10 Å². The molecule has 0 spiro atoms. The van der Waals surface area contributed by atoms with Gasteiger partial charge in [-0.05, 0) is 12.1 Å². The number of nitrogens with zero attached hydrogens (tertiary/aromatic N) is 1. The topological polar surface area (TPSA) is 134 Å². The molecular formula is C18H20N2O7. The van der Waals surface area contributed by atoms with E-state index in [1.54, 1.807) is 12.3 Å². The maximum atomic E-state index is 11.8. The van der Waals surface area contributed by atoms with E-state index in [2.05, 4.69) is 22.0 Å². The Morgan fingerprint density at radius 3 is 2.78 bits per heavy atom. The summed E-state index contributed by atoms with van der Waals surface area (Å²) < 4.78 is 15.4. The largest absolute Gasteiger partial charge is 0.465 e. The summed E-state index contributed by atoms with van der Waals surface area (Å²) in [6, 6.07) is 3.16. The Balaban J connectivity index is 1.95. The number of rotatable bonds is 3. The molecule has 0 amide bonds. The molecule has 0 radical (unpaired) electrons. The van der Waals surface area contributed by atoms with E-state index in [0.29, 0.717) is 22.0 Å². The van der Waals surface area contributed by atoms with Gasteiger partial charge < -0.3 is 29.5 Å². The summed E-state index contributed by atoms with van der Waals surface area (Å²) in [7, 11) is 2.63. The van der Waals surface area contributed by atoms with Crippen molar-refractivity contribution in [3.8, 4) is 11.8 Å². The van der Waals surface area contributed by atoms with Gasteiger partial charge in [0.25, 0.3) is 0 Å². The first-order valence-electron chi connectivity index (χ1n) is 8.22. The summed E-state index contributed by atoms with van der Waals surface area (Å²) in [5, 5.41) is 37.3. The number of esters is 1. The number of nitrogens with one attached hydrogen (secondary N) is 1. The maximum Gasteiger partial charge on any atom is 0.337 e. The van der Waals surface area contributed by atoms with Gasteiger partial charge in [-0.15, -0.1) is 0 Å². The lowest BCUT2D eigenvalue weighted by molar-refractivity contribution is -0.221. The van der Waals surface area contributed by atoms with Crippen LogP contribution in [-0.2, 0) is 14.2 Å². The van der Waals surface area contributed by atoms with Gasteiger partial charge in [-0.1, -0.05) is 11.8 Å². The smallest absolute Gasteiger partial charge is 0.337 e. The molecule has 0 saturated carbocycles. The summed E-state index contributed by atoms with van der Waals surface area (Å²) in [5.41, 5.74) is 1.35. The Kier molecular flexibility index (Phi) is 5.74. The predicted molar refractivity (Wildman–Crippen MR) is 92.9 cm³/mol. The van der Waals surface area contributed by atoms with Gasteiger partial charge in [0.1, 0.15) is 30.5 Å². The first kappa shape index (κ1) is 19.3. The van der Waals surface area contributed by atoms with E-state index in [-0.39, 0.29) is 0 Å². The zero-order valence-electron chi connectivity index (χ0n) is 14.7. The van der Waals surface area contributed by atoms with E-state index >= 15 is 0 Å². The van der Waals surface area contributed by atoms with Gasteiger partial charge in [-0.2, -0.15) is 5.10 Å². The monoisotopic (exact) mass is 376 g/mol. The number of benzene rings is 1. The van der Waals surface area contributed by atoms with Crippen LogP contribution in [0.15, 0.2) is 18.3 Å². The molecule has 0 aliphatic carbocycles. The van der Waals surface area contributed by atoms with E-state index in [1.807, 2.05) is 0 Å². The lowest BCUT2D eigenvalue weighted by atomic mass is 9.95. The van der Waals surface area contributed by atoms with Gasteiger partial charge in [0.15, 0.2) is 0 Å². The Bertz CT molecular complexity index is 883. The van der Waals surface area contributed by atoms with E-state index in [1.165, 1.54) is 20.3 Å². The van der Waals surface area contributed by atoms with Crippen molar-refractivity contribution in [2.45, 2.75) is 30.5 Å². The number of fused-ring (bicyclic) bond motifs is 1. The van der Waals surface area contributed by atoms with Crippen molar-refractivity contribution >= 4 is 16.9 Å². The molecule has 3 rings (SSSR count). The quantitative estimate of drug-likeness (QED) is 0.404. The van der Waals surface area contributed by atoms with Crippen LogP contribution in [0.5, 0.6) is 0 Å². The number of aromatic amines is 1. The molecule has 2 heterocycles. The fourth-order valence-electron chi connectivity index (χ4n) is 3.04. The van der Waals surface area contributed by atoms with Crippen molar-refractivity contribution in [3.05, 3.63) is 29.5 Å². The Morgan fingerprint density at radius 2 is 2.11 bits per heavy atom. The van der Waals surface area contributed by atoms with Crippen LogP contribution in [0.1, 0.15) is 15.9 Å². The molecule has 0 unspecified atom stereocenters. The molecule has 1 aromatic carbocycles. The number of carbonyl (C=O) groups is 1. The second-order valence-electron chi connectivity index (χ2n) is 6.08. The van der Waals surface area contributed by atoms with Gasteiger partial charge in [0, 0.05) is 12.5 Å². The van der Waals surface area contributed by atoms with E-state index in [4.69, 9.17) is 14.2 Å². The molecule has 2 aromatic rings. The molecule has 9 nitrogen and oxygen atoms in total. The van der Waals surface area contributed by atoms with Crippen molar-refractivity contribution in [2.75, 3.05) is 20.8 Å². The minimum absolute atomic E-state index is 0.300. The van der Waals surface area contributed by atoms with E-state index in [9.17, 15) is 20.1 Å². The van der Waals surface area contributed by atoms with Crippen LogP contribution >= 0.6 is 0 Å². The highest BCUT2D eigenvalue weighted by Crippen LogP contribution is 2.24. The van der Waals surface area contributed by atoms with Crippen LogP contribution in [0, 0.1) is 11.8 Å². The number of aromatic nitrogens is 2. The molecule has 9 heteroatoms. The molecule has 1 aliphatic rings. The van der Waals surface area contributed by atoms with Crippen LogP contribution < -0.4 is 0 Å². The second kappa shape index (κ2) is 8.04. The maximum absolute atomic E-state index is 11.8. The van der Waals surface area contributed by atoms with Crippen LogP contribution in [0.4, 0.5) is 0 Å². The highest BCUT2D eigenvalue weighted by Gasteiger charge is 2.43. The van der Waals surface area contributed by atoms with Gasteiger partial charge in [0.2, 0.25) is 0 Å². The van der Waals surface area contributed by atoms with Crippen molar-refractivity contribution < 1.29 is 34.3 Å². The van der Waals surface area contributed by atoms with E-state index in [0.717, 1.165) is 0 Å². The Labute approximate surface area is 154 Å². The zero-order chi connectivity index (χ0) is 19.6. The summed E-state index contributed by atoms with van der Waals surface area (Å²) in [6.07, 6.45) is -3.80. The van der Waals surface area contributed by atoms with Crippen LogP contribution in [0.2, 0.25) is 0 Å². The van der Waals surface area contributed by atoms with Crippen molar-refractivity contribution in [3.63, 3.8) is 0 Å². The molecule has 4 N–H and O–H groups in total. The lowest BCUT2D eigenvalue weighted by Gasteiger charge is -2.39. The fourth-order valence-corrected chi connectivity index (χ4v) is 3.04. The number of H-pyrrole nitrogens is 1. The average Bonchev–Trinajstić information content (AvgIpc) is 3.16. The third-order valence-electron chi connectivity index (χ3n) is 4.46. The molecule has 1 aliphatic heterocycles. The molecular weight excluding hydrogens is 356 g/mol. The Hall–Kier alpha value is -2.48. The molecule has 27 heavy (non-hydrogen) atoms. The van der Waals surface area contributed by atoms with Crippen molar-refractivity contribution in [1.82, 2.24) is 10.2 Å². The number of carbonyl (C=O) groups excluding carboxylic acids is 1. The fraction of sp³-hybridized carbons (Fsp3) is 0.444. The number of hydrogen-bond acceptors (Lipinski definition) is 8. The molecule has 5 atom stereocenters. The van der Waals surface area contributed by atoms with Crippen LogP contribution in [-0.4, -0.2) is 82.8 Å². The number of ether oxygens (including phenoxy) is 3. The number of aliphatic hydroxyl groups is 3. The normalized spacial score (nSPS) is 27.8. The van der Waals surface area contributed by atoms with Crippen molar-refractivity contribution in [1.29, 1.82) is 0 Å². The third kappa shape index (κ3) is 3.66. The standard InChI is InChI=1S/C18H20N2O7/c1-25-17-13(8-21)27-12(15(22)16(17)23)4-3-9-5-10(18(24)26-2)6-11-7-19-20-14(9)11/h5-7,12-13,15-17,21-23H,8H2,1-2H3,(H,19,20)/t12-,13-,15-,16-,17-/m1/s1. The first-order chi connectivity index (χ1) is 13.0. The summed E-state index contributed by atoms with van der Waals surface area (Å²) >= 11 is 0. The summed E-state index contributed by atoms with van der Waals surface area (Å²) in [6.45, 7) is -0.400. The average molecular weight is 376 g/mol. The van der Waals surface area contributed by atoms with E-state index < -0.39 is 43.1 Å². The van der Waals surface area contributed by atoms with Gasteiger partial charge in [-0.25, -0.2) is 4.79 Å². The second-order valence-corrected chi connectivity index (χ2v) is 6.08. The highest BCUT2D eigenvalue weighted by molar-refractivity contribution is 5.96. The molecule has 1 aromatic heterocycles. The van der Waals surface area contributed by atoms with Crippen LogP contribution in [0.3, 0.4) is 0 Å². The minimum Gasteiger partial charge on any atom is -0.465 e. The number of methoxy groups -OCH3 is 2. The minimum atomic E-state index is -1.33. The molecule has 144 valence electrons.